The van der Waals surface area contributed by atoms with Gasteiger partial charge in [0, 0.05) is 21.3 Å². The quantitative estimate of drug-likeness (QED) is 0.115. The van der Waals surface area contributed by atoms with Crippen molar-refractivity contribution in [2.45, 2.75) is 26.5 Å². The highest BCUT2D eigenvalue weighted by Gasteiger charge is 2.02. The van der Waals surface area contributed by atoms with Crippen LogP contribution in [0.15, 0.2) is 130 Å². The molecule has 0 radical (unpaired) electrons. The van der Waals surface area contributed by atoms with Crippen molar-refractivity contribution in [3.63, 3.8) is 0 Å². The van der Waals surface area contributed by atoms with Gasteiger partial charge in [0.15, 0.2) is 5.16 Å². The predicted octanol–water partition coefficient (Wildman–Crippen LogP) is 10.1. The maximum Gasteiger partial charge on any atom is 0.188 e. The average Bonchev–Trinajstić information content (AvgIpc) is 3.02. The minimum atomic E-state index is 0.766. The molecular weight excluding hydrogens is 545 g/mol. The van der Waals surface area contributed by atoms with E-state index in [9.17, 15) is 0 Å². The molecule has 0 atom stereocenters. The zero-order chi connectivity index (χ0) is 27.4. The third-order valence-corrected chi connectivity index (χ3v) is 8.79. The molecule has 198 valence electrons. The van der Waals surface area contributed by atoms with Crippen molar-refractivity contribution in [2.75, 3.05) is 6.26 Å². The molecule has 0 saturated carbocycles. The molecule has 4 aromatic carbocycles. The van der Waals surface area contributed by atoms with Gasteiger partial charge >= 0.3 is 0 Å². The summed E-state index contributed by atoms with van der Waals surface area (Å²) in [6, 6.07) is 40.5. The van der Waals surface area contributed by atoms with Crippen molar-refractivity contribution >= 4 is 59.6 Å². The van der Waals surface area contributed by atoms with E-state index < -0.39 is 0 Å². The van der Waals surface area contributed by atoms with Gasteiger partial charge in [-0.1, -0.05) is 109 Å². The lowest BCUT2D eigenvalue weighted by Crippen LogP contribution is -1.92. The van der Waals surface area contributed by atoms with Crippen LogP contribution in [0, 0.1) is 0 Å². The first-order valence-corrected chi connectivity index (χ1v) is 16.3. The van der Waals surface area contributed by atoms with Crippen molar-refractivity contribution in [2.24, 2.45) is 0 Å². The van der Waals surface area contributed by atoms with Gasteiger partial charge in [0.2, 0.25) is 0 Å². The first kappa shape index (κ1) is 28.0. The van der Waals surface area contributed by atoms with Crippen LogP contribution in [-0.2, 0) is 11.5 Å². The zero-order valence-electron chi connectivity index (χ0n) is 22.3. The Bertz CT molecular complexity index is 1430. The fourth-order valence-electron chi connectivity index (χ4n) is 3.92. The van der Waals surface area contributed by atoms with Gasteiger partial charge in [-0.15, -0.1) is 23.5 Å². The van der Waals surface area contributed by atoms with Crippen LogP contribution in [0.4, 0.5) is 0 Å². The number of hydrogen-bond donors (Lipinski definition) is 0. The van der Waals surface area contributed by atoms with Crippen molar-refractivity contribution in [1.82, 2.24) is 9.97 Å². The van der Waals surface area contributed by atoms with Gasteiger partial charge in [0.1, 0.15) is 0 Å². The molecule has 5 rings (SSSR count). The topological polar surface area (TPSA) is 25.8 Å². The summed E-state index contributed by atoms with van der Waals surface area (Å²) in [5, 5.41) is 0.766. The average molecular weight is 575 g/mol. The number of thioether (sulfide) groups is 3. The molecule has 0 unspecified atom stereocenters. The summed E-state index contributed by atoms with van der Waals surface area (Å²) in [5.41, 5.74) is 6.77. The molecule has 5 heteroatoms. The summed E-state index contributed by atoms with van der Waals surface area (Å²) in [6.07, 6.45) is 10.3. The lowest BCUT2D eigenvalue weighted by atomic mass is 10.1. The molecule has 1 heterocycles. The third-order valence-electron chi connectivity index (χ3n) is 6.08. The summed E-state index contributed by atoms with van der Waals surface area (Å²) < 4.78 is 0. The summed E-state index contributed by atoms with van der Waals surface area (Å²) in [6.45, 7) is 0. The fourth-order valence-corrected chi connectivity index (χ4v) is 6.02. The number of rotatable bonds is 11. The van der Waals surface area contributed by atoms with Gasteiger partial charge in [0.25, 0.3) is 0 Å². The molecule has 0 aliphatic rings. The van der Waals surface area contributed by atoms with Crippen LogP contribution in [0.5, 0.6) is 0 Å². The van der Waals surface area contributed by atoms with Crippen molar-refractivity contribution in [3.8, 4) is 0 Å². The van der Waals surface area contributed by atoms with Crippen LogP contribution in [0.3, 0.4) is 0 Å². The van der Waals surface area contributed by atoms with Crippen molar-refractivity contribution in [3.05, 3.63) is 149 Å². The van der Waals surface area contributed by atoms with Gasteiger partial charge in [-0.3, -0.25) is 0 Å². The van der Waals surface area contributed by atoms with E-state index in [1.165, 1.54) is 20.9 Å². The van der Waals surface area contributed by atoms with Crippen LogP contribution >= 0.6 is 35.3 Å². The fraction of sp³-hybridized carbons (Fsp3) is 0.0857. The first-order chi connectivity index (χ1) is 19.7. The molecule has 5 aromatic rings. The highest BCUT2D eigenvalue weighted by molar-refractivity contribution is 7.99. The van der Waals surface area contributed by atoms with Crippen LogP contribution in [-0.4, -0.2) is 16.2 Å². The Balaban J connectivity index is 1.20. The van der Waals surface area contributed by atoms with E-state index in [1.54, 1.807) is 11.8 Å². The molecule has 1 aromatic heterocycles. The molecule has 0 N–H and O–H groups in total. The van der Waals surface area contributed by atoms with Crippen LogP contribution in [0.25, 0.3) is 24.3 Å². The maximum absolute atomic E-state index is 4.68. The second-order valence-corrected chi connectivity index (χ2v) is 11.9. The van der Waals surface area contributed by atoms with E-state index in [2.05, 4.69) is 143 Å². The van der Waals surface area contributed by atoms with E-state index >= 15 is 0 Å². The minimum absolute atomic E-state index is 0.766. The Morgan fingerprint density at radius 3 is 1.35 bits per heavy atom. The number of nitrogens with zero attached hydrogens (tertiary/aromatic N) is 2. The van der Waals surface area contributed by atoms with E-state index in [-0.39, 0.29) is 0 Å². The molecule has 0 bridgehead atoms. The van der Waals surface area contributed by atoms with Gasteiger partial charge in [0.05, 0.1) is 11.4 Å². The second-order valence-electron chi connectivity index (χ2n) is 9.06. The molecule has 0 aliphatic heterocycles. The molecular formula is C35H30N2S3. The van der Waals surface area contributed by atoms with Crippen molar-refractivity contribution < 1.29 is 0 Å². The monoisotopic (exact) mass is 574 g/mol. The van der Waals surface area contributed by atoms with Crippen molar-refractivity contribution in [1.29, 1.82) is 0 Å². The zero-order valence-corrected chi connectivity index (χ0v) is 24.8. The standard InChI is InChI=1S/C35H30N2S3/c1-38-35-36-31(18-12-27-14-20-33(21-15-27)39-25-29-8-4-2-5-9-29)24-32(37-35)19-13-28-16-22-34(23-17-28)40-26-30-10-6-3-7-11-30/h2-24H,25-26H2,1H3. The van der Waals surface area contributed by atoms with Gasteiger partial charge < -0.3 is 0 Å². The lowest BCUT2D eigenvalue weighted by Gasteiger charge is -2.04. The van der Waals surface area contributed by atoms with E-state index in [4.69, 9.17) is 0 Å². The summed E-state index contributed by atoms with van der Waals surface area (Å²) in [5.74, 6) is 1.95. The highest BCUT2D eigenvalue weighted by atomic mass is 32.2. The van der Waals surface area contributed by atoms with Gasteiger partial charge in [-0.05, 0) is 71.0 Å². The van der Waals surface area contributed by atoms with E-state index in [0.717, 1.165) is 39.2 Å². The van der Waals surface area contributed by atoms with Gasteiger partial charge in [-0.2, -0.15) is 0 Å². The maximum atomic E-state index is 4.68. The number of benzene rings is 4. The van der Waals surface area contributed by atoms with Crippen LogP contribution in [0.2, 0.25) is 0 Å². The second kappa shape index (κ2) is 14.8. The largest absolute Gasteiger partial charge is 0.223 e. The molecule has 2 nitrogen and oxygen atoms in total. The predicted molar refractivity (Wildman–Crippen MR) is 177 cm³/mol. The first-order valence-electron chi connectivity index (χ1n) is 13.1. The molecule has 0 aliphatic carbocycles. The molecule has 0 amide bonds. The molecule has 0 fully saturated rings. The smallest absolute Gasteiger partial charge is 0.188 e. The number of hydrogen-bond acceptors (Lipinski definition) is 5. The Kier molecular flexibility index (Phi) is 10.3. The Labute approximate surface area is 250 Å². The highest BCUT2D eigenvalue weighted by Crippen LogP contribution is 2.25. The SMILES string of the molecule is CSc1nc(C=Cc2ccc(SCc3ccccc3)cc2)cc(C=Cc2ccc(SCc3ccccc3)cc2)n1. The van der Waals surface area contributed by atoms with E-state index in [1.807, 2.05) is 35.8 Å². The van der Waals surface area contributed by atoms with Gasteiger partial charge in [-0.25, -0.2) is 9.97 Å². The third kappa shape index (κ3) is 8.75. The minimum Gasteiger partial charge on any atom is -0.223 e. The Hall–Kier alpha value is -3.51. The lowest BCUT2D eigenvalue weighted by molar-refractivity contribution is 0.952. The Morgan fingerprint density at radius 2 is 0.950 bits per heavy atom. The summed E-state index contributed by atoms with van der Waals surface area (Å²) >= 11 is 5.26. The number of aromatic nitrogens is 2. The van der Waals surface area contributed by atoms with Crippen LogP contribution in [0.1, 0.15) is 33.6 Å². The van der Waals surface area contributed by atoms with E-state index in [0.29, 0.717) is 0 Å². The normalized spacial score (nSPS) is 11.4. The summed E-state index contributed by atoms with van der Waals surface area (Å²) in [4.78, 5) is 11.9. The summed E-state index contributed by atoms with van der Waals surface area (Å²) in [7, 11) is 0. The Morgan fingerprint density at radius 1 is 0.525 bits per heavy atom. The molecule has 0 saturated heterocycles. The van der Waals surface area contributed by atoms with Crippen LogP contribution < -0.4 is 0 Å². The molecule has 40 heavy (non-hydrogen) atoms. The molecule has 0 spiro atoms.